The van der Waals surface area contributed by atoms with Crippen LogP contribution in [0.2, 0.25) is 0 Å². The van der Waals surface area contributed by atoms with Gasteiger partial charge in [-0.05, 0) is 25.7 Å². The first-order valence-corrected chi connectivity index (χ1v) is 8.24. The predicted molar refractivity (Wildman–Crippen MR) is 81.6 cm³/mol. The maximum absolute atomic E-state index is 5.34. The smallest absolute Gasteiger partial charge is 0.130 e. The van der Waals surface area contributed by atoms with E-state index in [-0.39, 0.29) is 24.8 Å². The molecule has 0 saturated carbocycles. The van der Waals surface area contributed by atoms with Gasteiger partial charge in [0.25, 0.3) is 0 Å². The quantitative estimate of drug-likeness (QED) is 0.212. The molecule has 0 aromatic heterocycles. The molecule has 0 aromatic rings. The Labute approximate surface area is 149 Å². The molecule has 0 N–H and O–H groups in total. The van der Waals surface area contributed by atoms with Gasteiger partial charge in [0.05, 0.1) is 54.5 Å². The number of quaternary nitrogens is 2. The summed E-state index contributed by atoms with van der Waals surface area (Å²) in [7, 11) is 9.32. The van der Waals surface area contributed by atoms with E-state index >= 15 is 0 Å². The van der Waals surface area contributed by atoms with Crippen LogP contribution in [0.5, 0.6) is 0 Å². The Bertz CT molecular complexity index is 277. The Morgan fingerprint density at radius 2 is 1.00 bits per heavy atom. The van der Waals surface area contributed by atoms with E-state index in [1.54, 1.807) is 0 Å². The first-order chi connectivity index (χ1) is 9.36. The molecule has 2 saturated heterocycles. The zero-order valence-electron chi connectivity index (χ0n) is 14.7. The lowest BCUT2D eigenvalue weighted by molar-refractivity contribution is -0.891. The van der Waals surface area contributed by atoms with Gasteiger partial charge in [-0.25, -0.2) is 0 Å². The first kappa shape index (κ1) is 22.4. The van der Waals surface area contributed by atoms with E-state index in [9.17, 15) is 0 Å². The zero-order chi connectivity index (χ0) is 14.6. The minimum absolute atomic E-state index is 0. The van der Waals surface area contributed by atoms with Crippen LogP contribution >= 0.6 is 0 Å². The Hall–Kier alpha value is 0.420. The van der Waals surface area contributed by atoms with Crippen molar-refractivity contribution in [1.82, 2.24) is 0 Å². The van der Waals surface area contributed by atoms with E-state index in [0.29, 0.717) is 12.2 Å². The number of nitrogens with zero attached hydrogens (tertiary/aromatic N) is 2. The molecule has 0 aromatic carbocycles. The molecule has 2 aliphatic heterocycles. The van der Waals surface area contributed by atoms with Crippen molar-refractivity contribution < 1.29 is 43.3 Å². The SMILES string of the molecule is C[N+](C)(CCCCCC[N+](C)(C)CC1CO1)CC1CO1.[Cl-].[Cl-]. The van der Waals surface area contributed by atoms with Crippen molar-refractivity contribution in [2.24, 2.45) is 0 Å². The van der Waals surface area contributed by atoms with Crippen molar-refractivity contribution in [3.05, 3.63) is 0 Å². The topological polar surface area (TPSA) is 25.1 Å². The number of ether oxygens (including phenoxy) is 2. The Morgan fingerprint density at radius 3 is 1.27 bits per heavy atom. The lowest BCUT2D eigenvalue weighted by Gasteiger charge is -2.30. The van der Waals surface area contributed by atoms with Gasteiger partial charge >= 0.3 is 0 Å². The van der Waals surface area contributed by atoms with Gasteiger partial charge in [-0.1, -0.05) is 0 Å². The number of epoxide rings is 2. The number of likely N-dealkylation sites (N-methyl/N-ethyl adjacent to an activating group) is 2. The second kappa shape index (κ2) is 9.65. The summed E-state index contributed by atoms with van der Waals surface area (Å²) >= 11 is 0. The van der Waals surface area contributed by atoms with Crippen molar-refractivity contribution >= 4 is 0 Å². The third-order valence-corrected chi connectivity index (χ3v) is 4.48. The predicted octanol–water partition coefficient (Wildman–Crippen LogP) is -4.49. The van der Waals surface area contributed by atoms with Crippen LogP contribution in [0.15, 0.2) is 0 Å². The largest absolute Gasteiger partial charge is 1.00 e. The maximum Gasteiger partial charge on any atom is 0.130 e. The Morgan fingerprint density at radius 1 is 0.682 bits per heavy atom. The van der Waals surface area contributed by atoms with Crippen LogP contribution in [0.4, 0.5) is 0 Å². The first-order valence-electron chi connectivity index (χ1n) is 8.24. The lowest BCUT2D eigenvalue weighted by Crippen LogP contribution is -3.00. The summed E-state index contributed by atoms with van der Waals surface area (Å²) in [5.41, 5.74) is 0. The molecule has 4 nitrogen and oxygen atoms in total. The van der Waals surface area contributed by atoms with Crippen LogP contribution < -0.4 is 24.8 Å². The van der Waals surface area contributed by atoms with Gasteiger partial charge in [-0.3, -0.25) is 0 Å². The van der Waals surface area contributed by atoms with Crippen LogP contribution in [0.25, 0.3) is 0 Å². The molecule has 2 fully saturated rings. The van der Waals surface area contributed by atoms with Crippen LogP contribution in [-0.4, -0.2) is 88.8 Å². The molecule has 0 radical (unpaired) electrons. The van der Waals surface area contributed by atoms with E-state index in [4.69, 9.17) is 9.47 Å². The standard InChI is InChI=1S/C16H34N2O2.2ClH/c1-17(2,11-15-13-19-15)9-7-5-6-8-10-18(3,4)12-16-14-20-16;;/h15-16H,5-14H2,1-4H3;2*1H/q+2;;/p-2. The number of hydrogen-bond donors (Lipinski definition) is 0. The molecular formula is C16H34Cl2N2O2. The van der Waals surface area contributed by atoms with Crippen LogP contribution in [0.3, 0.4) is 0 Å². The van der Waals surface area contributed by atoms with Gasteiger partial charge in [0, 0.05) is 0 Å². The van der Waals surface area contributed by atoms with E-state index < -0.39 is 0 Å². The van der Waals surface area contributed by atoms with Crippen molar-refractivity contribution in [1.29, 1.82) is 0 Å². The summed E-state index contributed by atoms with van der Waals surface area (Å²) in [6.45, 7) is 6.91. The molecule has 0 spiro atoms. The highest BCUT2D eigenvalue weighted by atomic mass is 35.5. The normalized spacial score (nSPS) is 23.5. The summed E-state index contributed by atoms with van der Waals surface area (Å²) in [6, 6.07) is 0. The van der Waals surface area contributed by atoms with Crippen molar-refractivity contribution in [3.63, 3.8) is 0 Å². The molecule has 134 valence electrons. The average molecular weight is 357 g/mol. The fourth-order valence-corrected chi connectivity index (χ4v) is 3.07. The minimum Gasteiger partial charge on any atom is -1.00 e. The van der Waals surface area contributed by atoms with Crippen LogP contribution in [0.1, 0.15) is 25.7 Å². The molecule has 2 unspecified atom stereocenters. The highest BCUT2D eigenvalue weighted by Crippen LogP contribution is 2.17. The van der Waals surface area contributed by atoms with Gasteiger partial charge in [0.2, 0.25) is 0 Å². The van der Waals surface area contributed by atoms with Crippen molar-refractivity contribution in [2.45, 2.75) is 37.9 Å². The average Bonchev–Trinajstić information content (AvgIpc) is 3.20. The van der Waals surface area contributed by atoms with Gasteiger partial charge in [0.1, 0.15) is 25.3 Å². The highest BCUT2D eigenvalue weighted by Gasteiger charge is 2.32. The second-order valence-corrected chi connectivity index (χ2v) is 8.01. The second-order valence-electron chi connectivity index (χ2n) is 8.01. The zero-order valence-corrected chi connectivity index (χ0v) is 16.2. The molecular weight excluding hydrogens is 323 g/mol. The number of halogens is 2. The summed E-state index contributed by atoms with van der Waals surface area (Å²) < 4.78 is 12.9. The third-order valence-electron chi connectivity index (χ3n) is 4.48. The third kappa shape index (κ3) is 10.2. The molecule has 2 aliphatic rings. The fourth-order valence-electron chi connectivity index (χ4n) is 3.07. The van der Waals surface area contributed by atoms with E-state index in [0.717, 1.165) is 22.2 Å². The molecule has 0 bridgehead atoms. The fraction of sp³-hybridized carbons (Fsp3) is 1.00. The molecule has 2 heterocycles. The summed E-state index contributed by atoms with van der Waals surface area (Å²) in [4.78, 5) is 0. The van der Waals surface area contributed by atoms with Gasteiger partial charge in [0.15, 0.2) is 0 Å². The molecule has 6 heteroatoms. The van der Waals surface area contributed by atoms with Crippen LogP contribution in [-0.2, 0) is 9.47 Å². The number of unbranched alkanes of at least 4 members (excludes halogenated alkanes) is 3. The van der Waals surface area contributed by atoms with Crippen molar-refractivity contribution in [3.8, 4) is 0 Å². The molecule has 0 aliphatic carbocycles. The monoisotopic (exact) mass is 356 g/mol. The van der Waals surface area contributed by atoms with E-state index in [1.807, 2.05) is 0 Å². The Kier molecular flexibility index (Phi) is 9.84. The lowest BCUT2D eigenvalue weighted by atomic mass is 10.1. The van der Waals surface area contributed by atoms with E-state index in [1.165, 1.54) is 51.9 Å². The summed E-state index contributed by atoms with van der Waals surface area (Å²) in [6.07, 6.45) is 6.53. The molecule has 2 atom stereocenters. The van der Waals surface area contributed by atoms with Gasteiger partial charge < -0.3 is 43.3 Å². The molecule has 2 rings (SSSR count). The summed E-state index contributed by atoms with van der Waals surface area (Å²) in [5, 5.41) is 0. The van der Waals surface area contributed by atoms with Gasteiger partial charge in [-0.15, -0.1) is 0 Å². The number of hydrogen-bond acceptors (Lipinski definition) is 2. The minimum atomic E-state index is 0. The summed E-state index contributed by atoms with van der Waals surface area (Å²) in [5.74, 6) is 0. The van der Waals surface area contributed by atoms with Crippen LogP contribution in [0, 0.1) is 0 Å². The highest BCUT2D eigenvalue weighted by molar-refractivity contribution is 4.68. The van der Waals surface area contributed by atoms with Crippen molar-refractivity contribution in [2.75, 3.05) is 67.6 Å². The van der Waals surface area contributed by atoms with Gasteiger partial charge in [-0.2, -0.15) is 0 Å². The number of rotatable bonds is 11. The molecule has 0 amide bonds. The Balaban J connectivity index is 0.00000220. The molecule has 22 heavy (non-hydrogen) atoms. The van der Waals surface area contributed by atoms with E-state index in [2.05, 4.69) is 28.2 Å². The maximum atomic E-state index is 5.34.